The van der Waals surface area contributed by atoms with Crippen molar-refractivity contribution in [3.05, 3.63) is 32.8 Å². The quantitative estimate of drug-likeness (QED) is 0.614. The predicted octanol–water partition coefficient (Wildman–Crippen LogP) is 1.78. The molecule has 1 fully saturated rings. The third kappa shape index (κ3) is 4.00. The Morgan fingerprint density at radius 2 is 2.19 bits per heavy atom. The van der Waals surface area contributed by atoms with Crippen LogP contribution in [0, 0.1) is 10.1 Å². The number of nitrogens with zero attached hydrogens (tertiary/aromatic N) is 1. The van der Waals surface area contributed by atoms with Crippen LogP contribution in [0.4, 0.5) is 5.69 Å². The smallest absolute Gasteiger partial charge is 0.283 e. The molecule has 0 bridgehead atoms. The van der Waals surface area contributed by atoms with E-state index in [4.69, 9.17) is 0 Å². The Morgan fingerprint density at radius 3 is 2.76 bits per heavy atom. The van der Waals surface area contributed by atoms with Crippen molar-refractivity contribution < 1.29 is 13.3 Å². The maximum Gasteiger partial charge on any atom is 0.283 e. The Kier molecular flexibility index (Phi) is 4.97. The molecule has 0 aliphatic carbocycles. The Morgan fingerprint density at radius 1 is 1.48 bits per heavy atom. The van der Waals surface area contributed by atoms with E-state index in [9.17, 15) is 18.5 Å². The number of sulfonamides is 1. The molecule has 1 aromatic carbocycles. The molecule has 2 rings (SSSR count). The molecule has 9 heteroatoms. The Bertz CT molecular complexity index is 650. The van der Waals surface area contributed by atoms with Crippen LogP contribution in [0.3, 0.4) is 0 Å². The van der Waals surface area contributed by atoms with Crippen molar-refractivity contribution in [1.82, 2.24) is 10.0 Å². The first-order valence-corrected chi connectivity index (χ1v) is 8.77. The second-order valence-corrected chi connectivity index (χ2v) is 7.64. The molecule has 2 unspecified atom stereocenters. The van der Waals surface area contributed by atoms with Crippen molar-refractivity contribution in [2.45, 2.75) is 36.7 Å². The highest BCUT2D eigenvalue weighted by Crippen LogP contribution is 2.27. The van der Waals surface area contributed by atoms with E-state index in [0.717, 1.165) is 13.0 Å². The molecular formula is C12H16BrN3O4S. The molecule has 2 atom stereocenters. The molecule has 1 heterocycles. The third-order valence-electron chi connectivity index (χ3n) is 3.37. The monoisotopic (exact) mass is 377 g/mol. The molecule has 0 saturated carbocycles. The summed E-state index contributed by atoms with van der Waals surface area (Å²) in [6.07, 6.45) is 1.44. The number of nitro benzene ring substituents is 1. The Labute approximate surface area is 131 Å². The van der Waals surface area contributed by atoms with E-state index < -0.39 is 14.9 Å². The predicted molar refractivity (Wildman–Crippen MR) is 81.6 cm³/mol. The van der Waals surface area contributed by atoms with Gasteiger partial charge in [-0.05, 0) is 54.4 Å². The standard InChI is InChI=1S/C12H16BrN3O4S/c1-8-6-9(4-5-14-8)15-21(19,20)10-2-3-12(16(17)18)11(13)7-10/h2-3,7-9,14-15H,4-6H2,1H3. The summed E-state index contributed by atoms with van der Waals surface area (Å²) < 4.78 is 27.4. The number of hydrogen-bond donors (Lipinski definition) is 2. The van der Waals surface area contributed by atoms with E-state index in [2.05, 4.69) is 26.0 Å². The average Bonchev–Trinajstić information content (AvgIpc) is 2.37. The van der Waals surface area contributed by atoms with Crippen molar-refractivity contribution in [1.29, 1.82) is 0 Å². The zero-order valence-corrected chi connectivity index (χ0v) is 13.8. The van der Waals surface area contributed by atoms with E-state index >= 15 is 0 Å². The molecule has 0 spiro atoms. The first kappa shape index (κ1) is 16.3. The Hall–Kier alpha value is -1.03. The molecule has 0 aromatic heterocycles. The van der Waals surface area contributed by atoms with Crippen LogP contribution in [0.25, 0.3) is 0 Å². The highest BCUT2D eigenvalue weighted by Gasteiger charge is 2.25. The lowest BCUT2D eigenvalue weighted by molar-refractivity contribution is -0.385. The zero-order valence-electron chi connectivity index (χ0n) is 11.4. The van der Waals surface area contributed by atoms with Crippen LogP contribution < -0.4 is 10.0 Å². The van der Waals surface area contributed by atoms with Crippen molar-refractivity contribution in [2.75, 3.05) is 6.54 Å². The van der Waals surface area contributed by atoms with Crippen LogP contribution in [-0.2, 0) is 10.0 Å². The first-order valence-electron chi connectivity index (χ1n) is 6.49. The normalized spacial score (nSPS) is 23.0. The van der Waals surface area contributed by atoms with Crippen molar-refractivity contribution in [3.63, 3.8) is 0 Å². The van der Waals surface area contributed by atoms with Gasteiger partial charge in [-0.1, -0.05) is 0 Å². The molecule has 0 radical (unpaired) electrons. The van der Waals surface area contributed by atoms with E-state index in [0.29, 0.717) is 6.42 Å². The van der Waals surface area contributed by atoms with E-state index in [1.54, 1.807) is 0 Å². The summed E-state index contributed by atoms with van der Waals surface area (Å²) in [5.74, 6) is 0. The fourth-order valence-corrected chi connectivity index (χ4v) is 4.31. The number of halogens is 1. The summed E-state index contributed by atoms with van der Waals surface area (Å²) in [5, 5.41) is 14.0. The van der Waals surface area contributed by atoms with Gasteiger partial charge in [0.15, 0.2) is 0 Å². The van der Waals surface area contributed by atoms with E-state index in [1.165, 1.54) is 18.2 Å². The van der Waals surface area contributed by atoms with Gasteiger partial charge < -0.3 is 5.32 Å². The van der Waals surface area contributed by atoms with Gasteiger partial charge in [-0.25, -0.2) is 13.1 Å². The summed E-state index contributed by atoms with van der Waals surface area (Å²) in [6, 6.07) is 3.82. The first-order chi connectivity index (χ1) is 9.79. The van der Waals surface area contributed by atoms with Gasteiger partial charge in [0.25, 0.3) is 5.69 Å². The van der Waals surface area contributed by atoms with Gasteiger partial charge in [-0.15, -0.1) is 0 Å². The van der Waals surface area contributed by atoms with Crippen LogP contribution in [0.1, 0.15) is 19.8 Å². The maximum absolute atomic E-state index is 12.3. The van der Waals surface area contributed by atoms with Gasteiger partial charge in [0.1, 0.15) is 0 Å². The lowest BCUT2D eigenvalue weighted by Gasteiger charge is -2.28. The summed E-state index contributed by atoms with van der Waals surface area (Å²) >= 11 is 3.03. The molecule has 1 aromatic rings. The van der Waals surface area contributed by atoms with Crippen LogP contribution in [0.2, 0.25) is 0 Å². The molecule has 2 N–H and O–H groups in total. The maximum atomic E-state index is 12.3. The molecule has 1 saturated heterocycles. The van der Waals surface area contributed by atoms with Gasteiger partial charge in [-0.3, -0.25) is 10.1 Å². The third-order valence-corrected chi connectivity index (χ3v) is 5.52. The summed E-state index contributed by atoms with van der Waals surface area (Å²) in [7, 11) is -3.68. The van der Waals surface area contributed by atoms with Gasteiger partial charge in [0.2, 0.25) is 10.0 Å². The SMILES string of the molecule is CC1CC(NS(=O)(=O)c2ccc([N+](=O)[O-])c(Br)c2)CCN1. The van der Waals surface area contributed by atoms with Crippen LogP contribution in [0.15, 0.2) is 27.6 Å². The Balaban J connectivity index is 2.19. The van der Waals surface area contributed by atoms with Crippen molar-refractivity contribution >= 4 is 31.6 Å². The minimum atomic E-state index is -3.68. The second kappa shape index (κ2) is 6.39. The lowest BCUT2D eigenvalue weighted by Crippen LogP contribution is -2.46. The van der Waals surface area contributed by atoms with E-state index in [1.807, 2.05) is 6.92 Å². The van der Waals surface area contributed by atoms with Gasteiger partial charge in [0, 0.05) is 18.2 Å². The van der Waals surface area contributed by atoms with Crippen LogP contribution >= 0.6 is 15.9 Å². The van der Waals surface area contributed by atoms with Crippen LogP contribution in [-0.4, -0.2) is 32.0 Å². The second-order valence-electron chi connectivity index (χ2n) is 5.07. The molecule has 21 heavy (non-hydrogen) atoms. The number of piperidine rings is 1. The zero-order chi connectivity index (χ0) is 15.6. The highest BCUT2D eigenvalue weighted by atomic mass is 79.9. The fraction of sp³-hybridized carbons (Fsp3) is 0.500. The largest absolute Gasteiger partial charge is 0.314 e. The van der Waals surface area contributed by atoms with Gasteiger partial charge in [-0.2, -0.15) is 0 Å². The molecule has 1 aliphatic heterocycles. The summed E-state index contributed by atoms with van der Waals surface area (Å²) in [6.45, 7) is 2.77. The number of hydrogen-bond acceptors (Lipinski definition) is 5. The number of rotatable bonds is 4. The van der Waals surface area contributed by atoms with E-state index in [-0.39, 0.29) is 27.1 Å². The average molecular weight is 378 g/mol. The minimum absolute atomic E-state index is 0.0196. The number of nitrogens with one attached hydrogen (secondary N) is 2. The van der Waals surface area contributed by atoms with Crippen LogP contribution in [0.5, 0.6) is 0 Å². The number of benzene rings is 1. The molecular weight excluding hydrogens is 362 g/mol. The molecule has 116 valence electrons. The van der Waals surface area contributed by atoms with Crippen molar-refractivity contribution in [2.24, 2.45) is 0 Å². The van der Waals surface area contributed by atoms with Crippen molar-refractivity contribution in [3.8, 4) is 0 Å². The molecule has 1 aliphatic rings. The highest BCUT2D eigenvalue weighted by molar-refractivity contribution is 9.10. The number of nitro groups is 1. The van der Waals surface area contributed by atoms with Gasteiger partial charge >= 0.3 is 0 Å². The summed E-state index contributed by atoms with van der Waals surface area (Å²) in [5.41, 5.74) is -0.163. The lowest BCUT2D eigenvalue weighted by atomic mass is 10.0. The summed E-state index contributed by atoms with van der Waals surface area (Å²) in [4.78, 5) is 10.2. The minimum Gasteiger partial charge on any atom is -0.314 e. The topological polar surface area (TPSA) is 101 Å². The molecule has 7 nitrogen and oxygen atoms in total. The molecule has 0 amide bonds. The van der Waals surface area contributed by atoms with Gasteiger partial charge in [0.05, 0.1) is 14.3 Å². The fourth-order valence-electron chi connectivity index (χ4n) is 2.33.